The molecule has 1 N–H and O–H groups in total. The molecule has 2 amide bonds. The minimum Gasteiger partial charge on any atom is -0.345 e. The average Bonchev–Trinajstić information content (AvgIpc) is 2.48. The van der Waals surface area contributed by atoms with E-state index in [0.717, 1.165) is 12.8 Å². The first-order chi connectivity index (χ1) is 10.4. The summed E-state index contributed by atoms with van der Waals surface area (Å²) in [6.07, 6.45) is 2.31. The molecule has 2 aliphatic rings. The lowest BCUT2D eigenvalue weighted by Crippen LogP contribution is -2.49. The number of rotatable bonds is 3. The van der Waals surface area contributed by atoms with Crippen molar-refractivity contribution in [3.05, 3.63) is 0 Å². The van der Waals surface area contributed by atoms with Gasteiger partial charge in [0.25, 0.3) is 0 Å². The molecular formula is C15H23F3N2O2. The average molecular weight is 320 g/mol. The third-order valence-electron chi connectivity index (χ3n) is 4.63. The van der Waals surface area contributed by atoms with Crippen LogP contribution in [0.3, 0.4) is 0 Å². The molecule has 0 radical (unpaired) electrons. The second-order valence-corrected chi connectivity index (χ2v) is 6.33. The molecule has 0 aromatic rings. The molecule has 126 valence electrons. The van der Waals surface area contributed by atoms with Gasteiger partial charge in [-0.1, -0.05) is 19.3 Å². The lowest BCUT2D eigenvalue weighted by atomic mass is 9.86. The number of carbonyl (C=O) groups excluding carboxylic acids is 2. The van der Waals surface area contributed by atoms with E-state index >= 15 is 0 Å². The summed E-state index contributed by atoms with van der Waals surface area (Å²) in [6.45, 7) is 0.850. The maximum Gasteiger partial charge on any atom is 0.471 e. The van der Waals surface area contributed by atoms with Crippen LogP contribution in [-0.2, 0) is 9.59 Å². The fourth-order valence-corrected chi connectivity index (χ4v) is 3.31. The molecule has 4 nitrogen and oxygen atoms in total. The number of halogens is 3. The van der Waals surface area contributed by atoms with Crippen molar-refractivity contribution in [2.45, 2.75) is 63.6 Å². The van der Waals surface area contributed by atoms with Gasteiger partial charge in [0.1, 0.15) is 0 Å². The van der Waals surface area contributed by atoms with Gasteiger partial charge in [0, 0.05) is 25.6 Å². The molecule has 1 aliphatic carbocycles. The van der Waals surface area contributed by atoms with Crippen LogP contribution in [0, 0.1) is 5.92 Å². The van der Waals surface area contributed by atoms with Gasteiger partial charge in [-0.15, -0.1) is 0 Å². The zero-order chi connectivity index (χ0) is 16.2. The molecule has 2 rings (SSSR count). The first-order valence-electron chi connectivity index (χ1n) is 8.01. The van der Waals surface area contributed by atoms with Crippen molar-refractivity contribution in [2.75, 3.05) is 13.1 Å². The van der Waals surface area contributed by atoms with Crippen LogP contribution in [0.5, 0.6) is 0 Å². The highest BCUT2D eigenvalue weighted by atomic mass is 19.4. The zero-order valence-corrected chi connectivity index (χ0v) is 12.6. The van der Waals surface area contributed by atoms with E-state index in [1.807, 2.05) is 5.32 Å². The Morgan fingerprint density at radius 3 is 2.14 bits per heavy atom. The summed E-state index contributed by atoms with van der Waals surface area (Å²) < 4.78 is 36.6. The number of nitrogens with one attached hydrogen (secondary N) is 1. The maximum absolute atomic E-state index is 12.2. The summed E-state index contributed by atoms with van der Waals surface area (Å²) in [5, 5.41) is 2.00. The van der Waals surface area contributed by atoms with Crippen LogP contribution in [0.2, 0.25) is 0 Å². The van der Waals surface area contributed by atoms with Gasteiger partial charge in [-0.05, 0) is 31.6 Å². The maximum atomic E-state index is 12.2. The first kappa shape index (κ1) is 17.1. The Labute approximate surface area is 128 Å². The number of hydrogen-bond donors (Lipinski definition) is 1. The molecule has 0 aromatic carbocycles. The second-order valence-electron chi connectivity index (χ2n) is 6.33. The van der Waals surface area contributed by atoms with E-state index in [4.69, 9.17) is 0 Å². The van der Waals surface area contributed by atoms with E-state index in [-0.39, 0.29) is 5.91 Å². The van der Waals surface area contributed by atoms with Gasteiger partial charge in [-0.25, -0.2) is 0 Å². The Balaban J connectivity index is 1.72. The number of carbonyl (C=O) groups is 2. The Morgan fingerprint density at radius 2 is 1.59 bits per heavy atom. The third-order valence-corrected chi connectivity index (χ3v) is 4.63. The van der Waals surface area contributed by atoms with Gasteiger partial charge in [0.2, 0.25) is 5.91 Å². The zero-order valence-electron chi connectivity index (χ0n) is 12.6. The van der Waals surface area contributed by atoms with Gasteiger partial charge in [0.15, 0.2) is 0 Å². The summed E-state index contributed by atoms with van der Waals surface area (Å²) >= 11 is 0. The van der Waals surface area contributed by atoms with E-state index in [1.165, 1.54) is 19.3 Å². The number of likely N-dealkylation sites (tertiary alicyclic amines) is 1. The molecule has 0 spiro atoms. The number of alkyl halides is 3. The molecule has 22 heavy (non-hydrogen) atoms. The van der Waals surface area contributed by atoms with Crippen LogP contribution < -0.4 is 5.32 Å². The van der Waals surface area contributed by atoms with Crippen LogP contribution in [0.4, 0.5) is 13.2 Å². The number of amides is 2. The first-order valence-corrected chi connectivity index (χ1v) is 8.01. The minimum absolute atomic E-state index is 0.104. The molecule has 2 fully saturated rings. The minimum atomic E-state index is -4.84. The monoisotopic (exact) mass is 320 g/mol. The van der Waals surface area contributed by atoms with Crippen LogP contribution >= 0.6 is 0 Å². The van der Waals surface area contributed by atoms with Gasteiger partial charge >= 0.3 is 12.1 Å². The Kier molecular flexibility index (Phi) is 5.69. The molecule has 1 saturated heterocycles. The van der Waals surface area contributed by atoms with E-state index in [9.17, 15) is 22.8 Å². The summed E-state index contributed by atoms with van der Waals surface area (Å²) in [4.78, 5) is 24.8. The van der Waals surface area contributed by atoms with Gasteiger partial charge in [0.05, 0.1) is 0 Å². The SMILES string of the molecule is O=C(CC1CCCCC1)N1CCC(NC(=O)C(F)(F)F)CC1. The Hall–Kier alpha value is -1.27. The molecule has 0 aromatic heterocycles. The normalized spacial score (nSPS) is 21.7. The molecule has 1 heterocycles. The van der Waals surface area contributed by atoms with Gasteiger partial charge in [-0.2, -0.15) is 13.2 Å². The molecule has 0 unspecified atom stereocenters. The fourth-order valence-electron chi connectivity index (χ4n) is 3.31. The highest BCUT2D eigenvalue weighted by molar-refractivity contribution is 5.82. The summed E-state index contributed by atoms with van der Waals surface area (Å²) in [6, 6.07) is -0.493. The molecular weight excluding hydrogens is 297 g/mol. The van der Waals surface area contributed by atoms with Crippen molar-refractivity contribution in [3.8, 4) is 0 Å². The molecule has 7 heteroatoms. The third kappa shape index (κ3) is 4.88. The summed E-state index contributed by atoms with van der Waals surface area (Å²) in [5.41, 5.74) is 0. The second kappa shape index (κ2) is 7.33. The lowest BCUT2D eigenvalue weighted by Gasteiger charge is -2.33. The van der Waals surface area contributed by atoms with Crippen LogP contribution in [0.25, 0.3) is 0 Å². The fraction of sp³-hybridized carbons (Fsp3) is 0.867. The van der Waals surface area contributed by atoms with Crippen LogP contribution in [0.15, 0.2) is 0 Å². The van der Waals surface area contributed by atoms with Gasteiger partial charge in [-0.3, -0.25) is 9.59 Å². The van der Waals surface area contributed by atoms with E-state index < -0.39 is 18.1 Å². The predicted molar refractivity (Wildman–Crippen MR) is 75.0 cm³/mol. The van der Waals surface area contributed by atoms with Crippen molar-refractivity contribution in [2.24, 2.45) is 5.92 Å². The topological polar surface area (TPSA) is 49.4 Å². The quantitative estimate of drug-likeness (QED) is 0.869. The van der Waals surface area contributed by atoms with Crippen molar-refractivity contribution >= 4 is 11.8 Å². The van der Waals surface area contributed by atoms with Gasteiger partial charge < -0.3 is 10.2 Å². The lowest BCUT2D eigenvalue weighted by molar-refractivity contribution is -0.174. The Morgan fingerprint density at radius 1 is 1.00 bits per heavy atom. The Bertz CT molecular complexity index is 398. The predicted octanol–water partition coefficient (Wildman–Crippen LogP) is 2.63. The van der Waals surface area contributed by atoms with Crippen molar-refractivity contribution in [3.63, 3.8) is 0 Å². The van der Waals surface area contributed by atoms with E-state index in [1.54, 1.807) is 4.90 Å². The number of piperidine rings is 1. The summed E-state index contributed by atoms with van der Waals surface area (Å²) in [5.74, 6) is -1.32. The summed E-state index contributed by atoms with van der Waals surface area (Å²) in [7, 11) is 0. The van der Waals surface area contributed by atoms with E-state index in [0.29, 0.717) is 38.3 Å². The van der Waals surface area contributed by atoms with Crippen molar-refractivity contribution < 1.29 is 22.8 Å². The largest absolute Gasteiger partial charge is 0.471 e. The highest BCUT2D eigenvalue weighted by Gasteiger charge is 2.40. The van der Waals surface area contributed by atoms with Crippen molar-refractivity contribution in [1.29, 1.82) is 0 Å². The number of nitrogens with zero attached hydrogens (tertiary/aromatic N) is 1. The van der Waals surface area contributed by atoms with Crippen LogP contribution in [0.1, 0.15) is 51.4 Å². The van der Waals surface area contributed by atoms with Crippen LogP contribution in [-0.4, -0.2) is 42.0 Å². The highest BCUT2D eigenvalue weighted by Crippen LogP contribution is 2.27. The van der Waals surface area contributed by atoms with E-state index in [2.05, 4.69) is 0 Å². The number of hydrogen-bond acceptors (Lipinski definition) is 2. The molecule has 0 bridgehead atoms. The molecule has 1 saturated carbocycles. The van der Waals surface area contributed by atoms with Crippen molar-refractivity contribution in [1.82, 2.24) is 10.2 Å². The standard InChI is InChI=1S/C15H23F3N2O2/c16-15(17,18)14(22)19-12-6-8-20(9-7-12)13(21)10-11-4-2-1-3-5-11/h11-12H,1-10H2,(H,19,22). The smallest absolute Gasteiger partial charge is 0.345 e. The molecule has 1 aliphatic heterocycles. The molecule has 0 atom stereocenters.